The summed E-state index contributed by atoms with van der Waals surface area (Å²) in [5.41, 5.74) is 2.10. The van der Waals surface area contributed by atoms with E-state index in [1.807, 2.05) is 6.92 Å². The van der Waals surface area contributed by atoms with Crippen molar-refractivity contribution in [3.63, 3.8) is 0 Å². The van der Waals surface area contributed by atoms with Crippen LogP contribution in [0.5, 0.6) is 11.5 Å². The minimum atomic E-state index is -1.05. The highest BCUT2D eigenvalue weighted by atomic mass is 16.6. The van der Waals surface area contributed by atoms with E-state index in [0.29, 0.717) is 40.6 Å². The molecule has 0 fully saturated rings. The second-order valence-electron chi connectivity index (χ2n) is 6.95. The summed E-state index contributed by atoms with van der Waals surface area (Å²) < 4.78 is 16.0. The van der Waals surface area contributed by atoms with Crippen molar-refractivity contribution >= 4 is 35.3 Å². The van der Waals surface area contributed by atoms with E-state index < -0.39 is 11.9 Å². The number of carbonyl (C=O) groups is 3. The van der Waals surface area contributed by atoms with Crippen molar-refractivity contribution in [3.05, 3.63) is 59.2 Å². The molecular formula is C24H24N2O7. The second kappa shape index (κ2) is 10.4. The van der Waals surface area contributed by atoms with E-state index in [1.165, 1.54) is 29.3 Å². The van der Waals surface area contributed by atoms with Crippen LogP contribution < -0.4 is 14.5 Å². The molecule has 0 aliphatic carbocycles. The summed E-state index contributed by atoms with van der Waals surface area (Å²) in [7, 11) is 0. The summed E-state index contributed by atoms with van der Waals surface area (Å²) in [5, 5.41) is 14.6. The van der Waals surface area contributed by atoms with Crippen molar-refractivity contribution in [3.8, 4) is 11.5 Å². The van der Waals surface area contributed by atoms with E-state index in [1.54, 1.807) is 38.1 Å². The molecule has 1 heterocycles. The molecule has 0 unspecified atom stereocenters. The molecule has 0 radical (unpaired) electrons. The molecule has 3 rings (SSSR count). The van der Waals surface area contributed by atoms with Gasteiger partial charge in [-0.25, -0.2) is 9.59 Å². The van der Waals surface area contributed by atoms with Crippen LogP contribution in [0.3, 0.4) is 0 Å². The minimum Gasteiger partial charge on any atom is -0.490 e. The number of hydrogen-bond acceptors (Lipinski definition) is 7. The fourth-order valence-electron chi connectivity index (χ4n) is 3.11. The first-order valence-electron chi connectivity index (χ1n) is 10.3. The average Bonchev–Trinajstić information content (AvgIpc) is 3.07. The number of aromatic carboxylic acids is 1. The molecular weight excluding hydrogens is 428 g/mol. The highest BCUT2D eigenvalue weighted by molar-refractivity contribution is 6.32. The van der Waals surface area contributed by atoms with E-state index in [-0.39, 0.29) is 24.7 Å². The summed E-state index contributed by atoms with van der Waals surface area (Å²) in [6, 6.07) is 11.0. The van der Waals surface area contributed by atoms with Gasteiger partial charge < -0.3 is 19.3 Å². The number of carboxylic acid groups (broad SMARTS) is 1. The van der Waals surface area contributed by atoms with Crippen molar-refractivity contribution in [1.29, 1.82) is 0 Å². The molecule has 0 spiro atoms. The van der Waals surface area contributed by atoms with Gasteiger partial charge in [-0.1, -0.05) is 6.07 Å². The zero-order valence-electron chi connectivity index (χ0n) is 18.5. The minimum absolute atomic E-state index is 0.117. The Bertz CT molecular complexity index is 1120. The predicted octanol–water partition coefficient (Wildman–Crippen LogP) is 3.53. The zero-order valence-corrected chi connectivity index (χ0v) is 18.5. The Balaban J connectivity index is 1.85. The Hall–Kier alpha value is -4.14. The summed E-state index contributed by atoms with van der Waals surface area (Å²) in [6.45, 7) is 5.65. The number of benzene rings is 2. The van der Waals surface area contributed by atoms with Gasteiger partial charge in [0, 0.05) is 0 Å². The smallest absolute Gasteiger partial charge is 0.344 e. The molecule has 2 aromatic rings. The Kier molecular flexibility index (Phi) is 7.45. The van der Waals surface area contributed by atoms with Gasteiger partial charge in [0.25, 0.3) is 5.91 Å². The van der Waals surface area contributed by atoms with E-state index in [4.69, 9.17) is 19.3 Å². The number of amides is 1. The summed E-state index contributed by atoms with van der Waals surface area (Å²) in [6.07, 6.45) is 1.67. The summed E-state index contributed by atoms with van der Waals surface area (Å²) >= 11 is 0. The average molecular weight is 452 g/mol. The second-order valence-corrected chi connectivity index (χ2v) is 6.95. The molecule has 172 valence electrons. The van der Waals surface area contributed by atoms with Crippen LogP contribution in [0.4, 0.5) is 5.69 Å². The highest BCUT2D eigenvalue weighted by Gasteiger charge is 2.29. The SMILES string of the molecule is CCOC(=O)COc1cc(C=C2C(=O)N(c3ccc(C(=O)O)cc3)N=C2C)ccc1OCC. The van der Waals surface area contributed by atoms with Crippen molar-refractivity contribution < 1.29 is 33.7 Å². The molecule has 2 aromatic carbocycles. The first kappa shape index (κ1) is 23.5. The third-order valence-electron chi connectivity index (χ3n) is 4.65. The lowest BCUT2D eigenvalue weighted by Gasteiger charge is -2.13. The van der Waals surface area contributed by atoms with Crippen LogP contribution in [0.2, 0.25) is 0 Å². The molecule has 0 atom stereocenters. The van der Waals surface area contributed by atoms with Crippen LogP contribution in [0.25, 0.3) is 6.08 Å². The van der Waals surface area contributed by atoms with Crippen LogP contribution in [0.15, 0.2) is 53.1 Å². The Morgan fingerprint density at radius 2 is 1.76 bits per heavy atom. The van der Waals surface area contributed by atoms with E-state index in [2.05, 4.69) is 5.10 Å². The van der Waals surface area contributed by atoms with E-state index in [0.717, 1.165) is 0 Å². The van der Waals surface area contributed by atoms with Crippen molar-refractivity contribution in [2.24, 2.45) is 5.10 Å². The first-order valence-corrected chi connectivity index (χ1v) is 10.3. The molecule has 1 N–H and O–H groups in total. The molecule has 33 heavy (non-hydrogen) atoms. The Labute approximate surface area is 190 Å². The first-order chi connectivity index (χ1) is 15.8. The highest BCUT2D eigenvalue weighted by Crippen LogP contribution is 2.31. The van der Waals surface area contributed by atoms with Crippen LogP contribution >= 0.6 is 0 Å². The van der Waals surface area contributed by atoms with Gasteiger partial charge in [-0.15, -0.1) is 0 Å². The van der Waals surface area contributed by atoms with Gasteiger partial charge in [-0.2, -0.15) is 10.1 Å². The van der Waals surface area contributed by atoms with Gasteiger partial charge in [-0.05, 0) is 68.8 Å². The lowest BCUT2D eigenvalue weighted by Crippen LogP contribution is -2.21. The number of rotatable bonds is 9. The number of ether oxygens (including phenoxy) is 3. The number of esters is 1. The summed E-state index contributed by atoms with van der Waals surface area (Å²) in [4.78, 5) is 35.7. The van der Waals surface area contributed by atoms with Gasteiger partial charge in [0.15, 0.2) is 18.1 Å². The monoisotopic (exact) mass is 452 g/mol. The van der Waals surface area contributed by atoms with Crippen molar-refractivity contribution in [2.45, 2.75) is 20.8 Å². The number of carbonyl (C=O) groups excluding carboxylic acids is 2. The third-order valence-corrected chi connectivity index (χ3v) is 4.65. The van der Waals surface area contributed by atoms with Crippen LogP contribution in [0.1, 0.15) is 36.7 Å². The molecule has 1 amide bonds. The van der Waals surface area contributed by atoms with Crippen LogP contribution in [-0.2, 0) is 14.3 Å². The third kappa shape index (κ3) is 5.57. The van der Waals surface area contributed by atoms with Gasteiger partial charge in [0.05, 0.1) is 35.7 Å². The summed E-state index contributed by atoms with van der Waals surface area (Å²) in [5.74, 6) is -1.08. The molecule has 0 saturated heterocycles. The van der Waals surface area contributed by atoms with Gasteiger partial charge in [-0.3, -0.25) is 4.79 Å². The van der Waals surface area contributed by atoms with Crippen LogP contribution in [0, 0.1) is 0 Å². The fourth-order valence-corrected chi connectivity index (χ4v) is 3.11. The maximum absolute atomic E-state index is 13.0. The maximum atomic E-state index is 13.0. The van der Waals surface area contributed by atoms with E-state index >= 15 is 0 Å². The van der Waals surface area contributed by atoms with Gasteiger partial charge in [0.1, 0.15) is 0 Å². The Morgan fingerprint density at radius 1 is 1.03 bits per heavy atom. The van der Waals surface area contributed by atoms with Gasteiger partial charge in [0.2, 0.25) is 0 Å². The van der Waals surface area contributed by atoms with Crippen LogP contribution in [-0.4, -0.2) is 48.5 Å². The standard InChI is InChI=1S/C24H24N2O7/c1-4-31-20-11-6-16(13-21(20)33-14-22(27)32-5-2)12-19-15(3)25-26(23(19)28)18-9-7-17(8-10-18)24(29)30/h6-13H,4-5,14H2,1-3H3,(H,29,30). The number of hydrogen-bond donors (Lipinski definition) is 1. The number of carboxylic acids is 1. The molecule has 0 bridgehead atoms. The lowest BCUT2D eigenvalue weighted by molar-refractivity contribution is -0.145. The number of hydrazone groups is 1. The normalized spacial score (nSPS) is 14.3. The molecule has 1 aliphatic rings. The van der Waals surface area contributed by atoms with Crippen molar-refractivity contribution in [2.75, 3.05) is 24.8 Å². The zero-order chi connectivity index (χ0) is 24.0. The number of anilines is 1. The largest absolute Gasteiger partial charge is 0.490 e. The van der Waals surface area contributed by atoms with E-state index in [9.17, 15) is 14.4 Å². The molecule has 0 saturated carbocycles. The Morgan fingerprint density at radius 3 is 2.39 bits per heavy atom. The fraction of sp³-hybridized carbons (Fsp3) is 0.250. The lowest BCUT2D eigenvalue weighted by atomic mass is 10.1. The topological polar surface area (TPSA) is 115 Å². The quantitative estimate of drug-likeness (QED) is 0.457. The number of nitrogens with zero attached hydrogens (tertiary/aromatic N) is 2. The molecule has 9 nitrogen and oxygen atoms in total. The predicted molar refractivity (Wildman–Crippen MR) is 122 cm³/mol. The molecule has 0 aromatic heterocycles. The molecule has 1 aliphatic heterocycles. The van der Waals surface area contributed by atoms with Gasteiger partial charge >= 0.3 is 11.9 Å². The van der Waals surface area contributed by atoms with Crippen molar-refractivity contribution in [1.82, 2.24) is 0 Å². The molecule has 9 heteroatoms. The maximum Gasteiger partial charge on any atom is 0.344 e.